The first-order chi connectivity index (χ1) is 11.5. The highest BCUT2D eigenvalue weighted by atomic mass is 16.4. The minimum atomic E-state index is -0.734. The Morgan fingerprint density at radius 3 is 2.92 bits per heavy atom. The van der Waals surface area contributed by atoms with E-state index in [1.54, 1.807) is 4.90 Å². The van der Waals surface area contributed by atoms with Crippen molar-refractivity contribution >= 4 is 12.0 Å². The molecule has 128 valence electrons. The van der Waals surface area contributed by atoms with Crippen LogP contribution in [0.25, 0.3) is 0 Å². The van der Waals surface area contributed by atoms with Gasteiger partial charge in [-0.2, -0.15) is 0 Å². The fourth-order valence-corrected chi connectivity index (χ4v) is 4.93. The van der Waals surface area contributed by atoms with E-state index in [9.17, 15) is 14.7 Å². The number of amides is 2. The molecule has 3 aliphatic rings. The topological polar surface area (TPSA) is 69.6 Å². The molecule has 1 aromatic carbocycles. The van der Waals surface area contributed by atoms with Gasteiger partial charge in [0.1, 0.15) is 0 Å². The summed E-state index contributed by atoms with van der Waals surface area (Å²) in [4.78, 5) is 26.2. The van der Waals surface area contributed by atoms with Gasteiger partial charge >= 0.3 is 12.0 Å². The van der Waals surface area contributed by atoms with Crippen molar-refractivity contribution in [2.45, 2.75) is 45.1 Å². The summed E-state index contributed by atoms with van der Waals surface area (Å²) in [6.45, 7) is 3.01. The molecule has 2 amide bonds. The lowest BCUT2D eigenvalue weighted by atomic mass is 9.81. The van der Waals surface area contributed by atoms with Gasteiger partial charge < -0.3 is 15.3 Å². The maximum atomic E-state index is 12.7. The minimum Gasteiger partial charge on any atom is -0.481 e. The SMILES string of the molecule is Cc1ccc2c(c1)CCC2NC(=O)N1C[C@@H]2CCC[C@@]2(C(=O)O)C1. The van der Waals surface area contributed by atoms with Crippen LogP contribution in [0.2, 0.25) is 0 Å². The van der Waals surface area contributed by atoms with E-state index in [2.05, 4.69) is 30.4 Å². The van der Waals surface area contributed by atoms with Crippen LogP contribution in [0.3, 0.4) is 0 Å². The average molecular weight is 328 g/mol. The van der Waals surface area contributed by atoms with E-state index in [0.29, 0.717) is 19.5 Å². The number of aliphatic carboxylic acids is 1. The summed E-state index contributed by atoms with van der Waals surface area (Å²) >= 11 is 0. The molecule has 1 saturated heterocycles. The van der Waals surface area contributed by atoms with Crippen molar-refractivity contribution < 1.29 is 14.7 Å². The van der Waals surface area contributed by atoms with Gasteiger partial charge in [-0.1, -0.05) is 30.2 Å². The van der Waals surface area contributed by atoms with E-state index < -0.39 is 11.4 Å². The normalized spacial score (nSPS) is 31.0. The molecule has 0 radical (unpaired) electrons. The van der Waals surface area contributed by atoms with E-state index in [0.717, 1.165) is 25.7 Å². The van der Waals surface area contributed by atoms with Gasteiger partial charge in [-0.3, -0.25) is 4.79 Å². The first-order valence-electron chi connectivity index (χ1n) is 8.88. The number of carboxylic acids is 1. The van der Waals surface area contributed by atoms with Crippen LogP contribution in [0, 0.1) is 18.3 Å². The standard InChI is InChI=1S/C19H24N2O3/c1-12-4-6-15-13(9-12)5-7-16(15)20-18(24)21-10-14-3-2-8-19(14,11-21)17(22)23/h4,6,9,14,16H,2-3,5,7-8,10-11H2,1H3,(H,20,24)(H,22,23)/t14-,16?,19+/m0/s1. The Morgan fingerprint density at radius 2 is 2.17 bits per heavy atom. The number of hydrogen-bond donors (Lipinski definition) is 2. The fraction of sp³-hybridized carbons (Fsp3) is 0.579. The quantitative estimate of drug-likeness (QED) is 0.877. The average Bonchev–Trinajstić information content (AvgIpc) is 3.19. The molecule has 5 nitrogen and oxygen atoms in total. The Hall–Kier alpha value is -2.04. The van der Waals surface area contributed by atoms with Crippen LogP contribution in [0.4, 0.5) is 4.79 Å². The van der Waals surface area contributed by atoms with Crippen molar-refractivity contribution in [2.24, 2.45) is 11.3 Å². The zero-order valence-electron chi connectivity index (χ0n) is 14.0. The molecule has 2 aliphatic carbocycles. The number of aryl methyl sites for hydroxylation is 2. The summed E-state index contributed by atoms with van der Waals surface area (Å²) in [5.74, 6) is -0.624. The largest absolute Gasteiger partial charge is 0.481 e. The second kappa shape index (κ2) is 5.50. The van der Waals surface area contributed by atoms with E-state index >= 15 is 0 Å². The third kappa shape index (κ3) is 2.29. The first kappa shape index (κ1) is 15.5. The Balaban J connectivity index is 1.46. The van der Waals surface area contributed by atoms with Gasteiger partial charge in [-0.05, 0) is 49.7 Å². The van der Waals surface area contributed by atoms with Crippen molar-refractivity contribution in [1.29, 1.82) is 0 Å². The van der Waals surface area contributed by atoms with Gasteiger partial charge in [0, 0.05) is 13.1 Å². The van der Waals surface area contributed by atoms with Crippen LogP contribution in [0.1, 0.15) is 48.4 Å². The molecule has 2 N–H and O–H groups in total. The number of carboxylic acid groups (broad SMARTS) is 1. The smallest absolute Gasteiger partial charge is 0.317 e. The number of fused-ring (bicyclic) bond motifs is 2. The summed E-state index contributed by atoms with van der Waals surface area (Å²) in [5.41, 5.74) is 3.07. The van der Waals surface area contributed by atoms with Crippen molar-refractivity contribution in [3.05, 3.63) is 34.9 Å². The van der Waals surface area contributed by atoms with Gasteiger partial charge in [-0.25, -0.2) is 4.79 Å². The van der Waals surface area contributed by atoms with Crippen LogP contribution in [0.5, 0.6) is 0 Å². The molecular weight excluding hydrogens is 304 g/mol. The summed E-state index contributed by atoms with van der Waals surface area (Å²) in [7, 11) is 0. The third-order valence-electron chi connectivity index (χ3n) is 6.26. The fourth-order valence-electron chi connectivity index (χ4n) is 4.93. The molecule has 1 unspecified atom stereocenters. The Bertz CT molecular complexity index is 702. The van der Waals surface area contributed by atoms with E-state index in [4.69, 9.17) is 0 Å². The highest BCUT2D eigenvalue weighted by molar-refractivity contribution is 5.81. The van der Waals surface area contributed by atoms with Crippen LogP contribution >= 0.6 is 0 Å². The molecule has 1 saturated carbocycles. The molecule has 0 spiro atoms. The molecule has 1 heterocycles. The summed E-state index contributed by atoms with van der Waals surface area (Å²) in [5, 5.41) is 12.8. The Labute approximate surface area is 142 Å². The number of likely N-dealkylation sites (tertiary alicyclic amines) is 1. The third-order valence-corrected chi connectivity index (χ3v) is 6.26. The number of rotatable bonds is 2. The summed E-state index contributed by atoms with van der Waals surface area (Å²) < 4.78 is 0. The second-order valence-corrected chi connectivity index (χ2v) is 7.67. The van der Waals surface area contributed by atoms with E-state index in [1.807, 2.05) is 0 Å². The molecule has 24 heavy (non-hydrogen) atoms. The number of benzene rings is 1. The predicted molar refractivity (Wildman–Crippen MR) is 89.8 cm³/mol. The lowest BCUT2D eigenvalue weighted by Crippen LogP contribution is -2.42. The number of hydrogen-bond acceptors (Lipinski definition) is 2. The number of carbonyl (C=O) groups is 2. The van der Waals surface area contributed by atoms with Crippen molar-refractivity contribution in [3.63, 3.8) is 0 Å². The van der Waals surface area contributed by atoms with Crippen LogP contribution in [0.15, 0.2) is 18.2 Å². The Kier molecular flexibility index (Phi) is 3.55. The van der Waals surface area contributed by atoms with E-state index in [1.165, 1.54) is 16.7 Å². The second-order valence-electron chi connectivity index (χ2n) is 7.67. The van der Waals surface area contributed by atoms with Crippen molar-refractivity contribution in [2.75, 3.05) is 13.1 Å². The minimum absolute atomic E-state index is 0.0503. The maximum Gasteiger partial charge on any atom is 0.317 e. The number of carbonyl (C=O) groups excluding carboxylic acids is 1. The molecule has 0 aromatic heterocycles. The first-order valence-corrected chi connectivity index (χ1v) is 8.88. The molecule has 0 bridgehead atoms. The lowest BCUT2D eigenvalue weighted by molar-refractivity contribution is -0.149. The molecule has 1 aromatic rings. The van der Waals surface area contributed by atoms with E-state index in [-0.39, 0.29) is 18.0 Å². The summed E-state index contributed by atoms with van der Waals surface area (Å²) in [6, 6.07) is 6.34. The van der Waals surface area contributed by atoms with Gasteiger partial charge in [0.2, 0.25) is 0 Å². The molecule has 2 fully saturated rings. The summed E-state index contributed by atoms with van der Waals surface area (Å²) in [6.07, 6.45) is 4.49. The number of nitrogens with one attached hydrogen (secondary N) is 1. The zero-order valence-corrected chi connectivity index (χ0v) is 14.0. The Morgan fingerprint density at radius 1 is 1.33 bits per heavy atom. The molecule has 4 rings (SSSR count). The zero-order chi connectivity index (χ0) is 16.9. The molecule has 5 heteroatoms. The number of urea groups is 1. The molecular formula is C19H24N2O3. The van der Waals surface area contributed by atoms with Crippen molar-refractivity contribution in [1.82, 2.24) is 10.2 Å². The molecule has 3 atom stereocenters. The van der Waals surface area contributed by atoms with Crippen LogP contribution in [-0.2, 0) is 11.2 Å². The lowest BCUT2D eigenvalue weighted by Gasteiger charge is -2.24. The number of nitrogens with zero attached hydrogens (tertiary/aromatic N) is 1. The highest BCUT2D eigenvalue weighted by Crippen LogP contribution is 2.49. The van der Waals surface area contributed by atoms with Gasteiger partial charge in [0.15, 0.2) is 0 Å². The van der Waals surface area contributed by atoms with Gasteiger partial charge in [0.05, 0.1) is 11.5 Å². The van der Waals surface area contributed by atoms with Crippen LogP contribution in [-0.4, -0.2) is 35.1 Å². The maximum absolute atomic E-state index is 12.7. The monoisotopic (exact) mass is 328 g/mol. The predicted octanol–water partition coefficient (Wildman–Crippen LogP) is 2.88. The molecule has 1 aliphatic heterocycles. The van der Waals surface area contributed by atoms with Gasteiger partial charge in [0.25, 0.3) is 0 Å². The van der Waals surface area contributed by atoms with Crippen molar-refractivity contribution in [3.8, 4) is 0 Å². The van der Waals surface area contributed by atoms with Gasteiger partial charge in [-0.15, -0.1) is 0 Å². The van der Waals surface area contributed by atoms with Crippen LogP contribution < -0.4 is 5.32 Å². The highest BCUT2D eigenvalue weighted by Gasteiger charge is 2.55.